The second-order valence-corrected chi connectivity index (χ2v) is 3.47. The van der Waals surface area contributed by atoms with Gasteiger partial charge < -0.3 is 5.32 Å². The van der Waals surface area contributed by atoms with Crippen LogP contribution in [-0.4, -0.2) is 16.9 Å². The van der Waals surface area contributed by atoms with Crippen LogP contribution in [-0.2, 0) is 0 Å². The number of nitrogens with zero attached hydrogens (tertiary/aromatic N) is 1. The molecule has 1 heterocycles. The minimum Gasteiger partial charge on any atom is -0.350 e. The molecule has 1 rings (SSSR count). The number of carbonyl (C=O) groups excluding carboxylic acids is 1. The highest BCUT2D eigenvalue weighted by Gasteiger charge is 2.10. The molecule has 3 heteroatoms. The van der Waals surface area contributed by atoms with Gasteiger partial charge in [0.25, 0.3) is 5.91 Å². The lowest BCUT2D eigenvalue weighted by Crippen LogP contribution is -2.32. The van der Waals surface area contributed by atoms with Gasteiger partial charge in [-0.05, 0) is 31.9 Å². The Balaban J connectivity index is 2.75. The van der Waals surface area contributed by atoms with Gasteiger partial charge in [0.05, 0.1) is 5.56 Å². The zero-order valence-corrected chi connectivity index (χ0v) is 8.87. The molecule has 0 aliphatic heterocycles. The van der Waals surface area contributed by atoms with Crippen LogP contribution in [0.4, 0.5) is 0 Å². The molecule has 0 saturated heterocycles. The van der Waals surface area contributed by atoms with E-state index in [1.165, 1.54) is 0 Å². The van der Waals surface area contributed by atoms with Gasteiger partial charge in [-0.2, -0.15) is 0 Å². The summed E-state index contributed by atoms with van der Waals surface area (Å²) in [5, 5.41) is 2.91. The normalized spacial score (nSPS) is 12.2. The number of nitrogens with one attached hydrogen (secondary N) is 1. The molecule has 1 unspecified atom stereocenters. The molecule has 3 nitrogen and oxygen atoms in total. The highest BCUT2D eigenvalue weighted by Crippen LogP contribution is 2.05. The third-order valence-corrected chi connectivity index (χ3v) is 2.27. The maximum absolute atomic E-state index is 11.7. The first kappa shape index (κ1) is 10.7. The van der Waals surface area contributed by atoms with E-state index in [1.807, 2.05) is 26.8 Å². The Hall–Kier alpha value is -1.38. The van der Waals surface area contributed by atoms with E-state index in [-0.39, 0.29) is 11.9 Å². The Kier molecular flexibility index (Phi) is 3.63. The quantitative estimate of drug-likeness (QED) is 0.795. The fourth-order valence-corrected chi connectivity index (χ4v) is 1.11. The van der Waals surface area contributed by atoms with Crippen molar-refractivity contribution in [1.29, 1.82) is 0 Å². The van der Waals surface area contributed by atoms with Crippen LogP contribution in [0.5, 0.6) is 0 Å². The fraction of sp³-hybridized carbons (Fsp3) is 0.455. The predicted octanol–water partition coefficient (Wildman–Crippen LogP) is 1.92. The van der Waals surface area contributed by atoms with Crippen molar-refractivity contribution in [3.8, 4) is 0 Å². The molecular weight excluding hydrogens is 176 g/mol. The zero-order valence-electron chi connectivity index (χ0n) is 8.87. The monoisotopic (exact) mass is 192 g/mol. The van der Waals surface area contributed by atoms with Crippen LogP contribution in [0.3, 0.4) is 0 Å². The summed E-state index contributed by atoms with van der Waals surface area (Å²) in [5.74, 6) is -0.0371. The minimum absolute atomic E-state index is 0.0371. The highest BCUT2D eigenvalue weighted by atomic mass is 16.1. The Bertz CT molecular complexity index is 323. The first-order chi connectivity index (χ1) is 6.65. The maximum atomic E-state index is 11.7. The van der Waals surface area contributed by atoms with E-state index < -0.39 is 0 Å². The number of hydrogen-bond donors (Lipinski definition) is 1. The van der Waals surface area contributed by atoms with Crippen molar-refractivity contribution >= 4 is 5.91 Å². The summed E-state index contributed by atoms with van der Waals surface area (Å²) in [6.45, 7) is 5.94. The van der Waals surface area contributed by atoms with E-state index in [9.17, 15) is 4.79 Å². The lowest BCUT2D eigenvalue weighted by atomic mass is 10.1. The summed E-state index contributed by atoms with van der Waals surface area (Å²) in [6.07, 6.45) is 4.23. The van der Waals surface area contributed by atoms with Crippen molar-refractivity contribution < 1.29 is 4.79 Å². The molecule has 1 aromatic heterocycles. The third kappa shape index (κ3) is 2.55. The van der Waals surface area contributed by atoms with Crippen LogP contribution in [0, 0.1) is 6.92 Å². The Morgan fingerprint density at radius 3 is 2.93 bits per heavy atom. The van der Waals surface area contributed by atoms with Crippen LogP contribution < -0.4 is 5.32 Å². The summed E-state index contributed by atoms with van der Waals surface area (Å²) in [4.78, 5) is 15.6. The maximum Gasteiger partial charge on any atom is 0.253 e. The fourth-order valence-electron chi connectivity index (χ4n) is 1.11. The molecule has 14 heavy (non-hydrogen) atoms. The molecular formula is C11H16N2O. The van der Waals surface area contributed by atoms with Crippen molar-refractivity contribution in [3.05, 3.63) is 29.6 Å². The smallest absolute Gasteiger partial charge is 0.253 e. The Morgan fingerprint density at radius 2 is 2.36 bits per heavy atom. The molecule has 1 aromatic rings. The molecule has 0 spiro atoms. The lowest BCUT2D eigenvalue weighted by molar-refractivity contribution is 0.0938. The van der Waals surface area contributed by atoms with Gasteiger partial charge >= 0.3 is 0 Å². The number of rotatable bonds is 3. The number of pyridine rings is 1. The van der Waals surface area contributed by atoms with Crippen LogP contribution in [0.2, 0.25) is 0 Å². The van der Waals surface area contributed by atoms with Gasteiger partial charge in [0, 0.05) is 18.4 Å². The van der Waals surface area contributed by atoms with E-state index in [0.717, 1.165) is 12.0 Å². The summed E-state index contributed by atoms with van der Waals surface area (Å²) >= 11 is 0. The van der Waals surface area contributed by atoms with Gasteiger partial charge in [-0.3, -0.25) is 9.78 Å². The predicted molar refractivity (Wildman–Crippen MR) is 56.2 cm³/mol. The van der Waals surface area contributed by atoms with Gasteiger partial charge in [0.1, 0.15) is 0 Å². The largest absolute Gasteiger partial charge is 0.350 e. The molecule has 76 valence electrons. The van der Waals surface area contributed by atoms with E-state index in [0.29, 0.717) is 5.56 Å². The molecule has 1 amide bonds. The summed E-state index contributed by atoms with van der Waals surface area (Å²) in [5.41, 5.74) is 1.62. The Morgan fingerprint density at radius 1 is 1.64 bits per heavy atom. The van der Waals surface area contributed by atoms with Crippen LogP contribution >= 0.6 is 0 Å². The molecule has 0 bridgehead atoms. The first-order valence-electron chi connectivity index (χ1n) is 4.86. The summed E-state index contributed by atoms with van der Waals surface area (Å²) < 4.78 is 0. The standard InChI is InChI=1S/C11H16N2O/c1-4-9(3)13-11(14)10-7-12-6-5-8(10)2/h5-7,9H,4H2,1-3H3,(H,13,14). The third-order valence-electron chi connectivity index (χ3n) is 2.27. The van der Waals surface area contributed by atoms with Crippen LogP contribution in [0.25, 0.3) is 0 Å². The topological polar surface area (TPSA) is 42.0 Å². The van der Waals surface area contributed by atoms with Crippen molar-refractivity contribution in [2.24, 2.45) is 0 Å². The molecule has 1 atom stereocenters. The van der Waals surface area contributed by atoms with E-state index in [1.54, 1.807) is 12.4 Å². The van der Waals surface area contributed by atoms with Gasteiger partial charge in [0.2, 0.25) is 0 Å². The molecule has 0 aliphatic carbocycles. The second-order valence-electron chi connectivity index (χ2n) is 3.47. The van der Waals surface area contributed by atoms with E-state index >= 15 is 0 Å². The summed E-state index contributed by atoms with van der Waals surface area (Å²) in [7, 11) is 0. The van der Waals surface area contributed by atoms with Crippen LogP contribution in [0.1, 0.15) is 36.2 Å². The minimum atomic E-state index is -0.0371. The highest BCUT2D eigenvalue weighted by molar-refractivity contribution is 5.95. The van der Waals surface area contributed by atoms with Gasteiger partial charge in [-0.1, -0.05) is 6.92 Å². The first-order valence-corrected chi connectivity index (χ1v) is 4.86. The van der Waals surface area contributed by atoms with Gasteiger partial charge in [-0.25, -0.2) is 0 Å². The zero-order chi connectivity index (χ0) is 10.6. The van der Waals surface area contributed by atoms with Gasteiger partial charge in [0.15, 0.2) is 0 Å². The number of amides is 1. The average Bonchev–Trinajstić information content (AvgIpc) is 2.18. The SMILES string of the molecule is CCC(C)NC(=O)c1cnccc1C. The van der Waals surface area contributed by atoms with E-state index in [4.69, 9.17) is 0 Å². The second kappa shape index (κ2) is 4.74. The number of carbonyl (C=O) groups is 1. The molecule has 0 aromatic carbocycles. The average molecular weight is 192 g/mol. The molecule has 0 radical (unpaired) electrons. The number of aromatic nitrogens is 1. The van der Waals surface area contributed by atoms with Gasteiger partial charge in [-0.15, -0.1) is 0 Å². The molecule has 0 aliphatic rings. The molecule has 0 fully saturated rings. The molecule has 0 saturated carbocycles. The van der Waals surface area contributed by atoms with Crippen LogP contribution in [0.15, 0.2) is 18.5 Å². The van der Waals surface area contributed by atoms with Crippen molar-refractivity contribution in [2.45, 2.75) is 33.2 Å². The number of aryl methyl sites for hydroxylation is 1. The van der Waals surface area contributed by atoms with Crippen molar-refractivity contribution in [2.75, 3.05) is 0 Å². The van der Waals surface area contributed by atoms with Crippen molar-refractivity contribution in [3.63, 3.8) is 0 Å². The van der Waals surface area contributed by atoms with E-state index in [2.05, 4.69) is 10.3 Å². The lowest BCUT2D eigenvalue weighted by Gasteiger charge is -2.12. The molecule has 1 N–H and O–H groups in total. The number of hydrogen-bond acceptors (Lipinski definition) is 2. The Labute approximate surface area is 84.6 Å². The van der Waals surface area contributed by atoms with Crippen molar-refractivity contribution in [1.82, 2.24) is 10.3 Å². The summed E-state index contributed by atoms with van der Waals surface area (Å²) in [6, 6.07) is 2.05.